The van der Waals surface area contributed by atoms with Crippen molar-refractivity contribution in [1.82, 2.24) is 9.78 Å². The van der Waals surface area contributed by atoms with Crippen LogP contribution in [-0.2, 0) is 14.6 Å². The summed E-state index contributed by atoms with van der Waals surface area (Å²) in [5.41, 5.74) is 0.287. The molecule has 0 radical (unpaired) electrons. The van der Waals surface area contributed by atoms with Gasteiger partial charge >= 0.3 is 0 Å². The number of benzene rings is 4. The Hall–Kier alpha value is -5.40. The van der Waals surface area contributed by atoms with Crippen LogP contribution in [-0.4, -0.2) is 40.2 Å². The summed E-state index contributed by atoms with van der Waals surface area (Å²) < 4.78 is 33.5. The van der Waals surface area contributed by atoms with Crippen molar-refractivity contribution in [2.45, 2.75) is 80.6 Å². The molecule has 4 aromatic carbocycles. The summed E-state index contributed by atoms with van der Waals surface area (Å²) in [6.45, 7) is 2.18. The molecule has 1 aromatic heterocycles. The first kappa shape index (κ1) is 38.8. The Morgan fingerprint density at radius 3 is 2.19 bits per heavy atom. The fourth-order valence-corrected chi connectivity index (χ4v) is 7.36. The highest BCUT2D eigenvalue weighted by Crippen LogP contribution is 2.31. The lowest BCUT2D eigenvalue weighted by Crippen LogP contribution is -2.33. The van der Waals surface area contributed by atoms with Crippen molar-refractivity contribution in [2.24, 2.45) is 0 Å². The first-order valence-corrected chi connectivity index (χ1v) is 19.3. The van der Waals surface area contributed by atoms with E-state index in [1.807, 2.05) is 0 Å². The van der Waals surface area contributed by atoms with E-state index >= 15 is 0 Å². The molecule has 0 saturated heterocycles. The summed E-state index contributed by atoms with van der Waals surface area (Å²) in [6, 6.07) is 22.9. The van der Waals surface area contributed by atoms with Crippen molar-refractivity contribution < 1.29 is 28.0 Å². The highest BCUT2D eigenvalue weighted by molar-refractivity contribution is 7.91. The number of sulfone groups is 1. The summed E-state index contributed by atoms with van der Waals surface area (Å²) in [5, 5.41) is 27.2. The number of ether oxygens (including phenoxy) is 1. The second-order valence-electron chi connectivity index (χ2n) is 12.6. The third kappa shape index (κ3) is 9.93. The summed E-state index contributed by atoms with van der Waals surface area (Å²) in [6.07, 6.45) is 8.04. The van der Waals surface area contributed by atoms with Crippen LogP contribution in [0.15, 0.2) is 112 Å². The lowest BCUT2D eigenvalue weighted by atomic mass is 10.0. The molecule has 1 atom stereocenters. The zero-order chi connectivity index (χ0) is 38.0. The predicted molar refractivity (Wildman–Crippen MR) is 204 cm³/mol. The Morgan fingerprint density at radius 1 is 0.906 bits per heavy atom. The zero-order valence-electron chi connectivity index (χ0n) is 29.2. The van der Waals surface area contributed by atoms with Crippen molar-refractivity contribution in [1.29, 1.82) is 0 Å². The maximum Gasteiger partial charge on any atom is 0.294 e. The van der Waals surface area contributed by atoms with Crippen molar-refractivity contribution in [2.75, 3.05) is 5.32 Å². The van der Waals surface area contributed by atoms with Gasteiger partial charge in [-0.3, -0.25) is 24.8 Å². The Bertz CT molecular complexity index is 2200. The standard InChI is InChI=1S/C39H41ClN4O8S/c1-2-3-4-5-6-7-8-9-14-37(52-29-18-22-31(23-19-29)53(50,51)30-20-16-28(45)17-21-30)39(47)41-27-15-24-33(40)32(25-27)34-26-38(46)43(42-34)35-12-10-11-13-36(35)44(48)49/h10-13,15-26,37,42,45H,2-9,14H2,1H3,(H,41,47). The molecule has 0 aliphatic rings. The van der Waals surface area contributed by atoms with Gasteiger partial charge in [-0.15, -0.1) is 0 Å². The molecule has 12 nitrogen and oxygen atoms in total. The fraction of sp³-hybridized carbons (Fsp3) is 0.282. The van der Waals surface area contributed by atoms with E-state index in [1.165, 1.54) is 98.5 Å². The Balaban J connectivity index is 1.34. The Labute approximate surface area is 312 Å². The van der Waals surface area contributed by atoms with Gasteiger partial charge in [-0.2, -0.15) is 0 Å². The molecule has 0 aliphatic carbocycles. The number of phenols is 1. The number of hydrogen-bond acceptors (Lipinski definition) is 8. The molecule has 1 amide bonds. The number of rotatable bonds is 18. The van der Waals surface area contributed by atoms with E-state index in [-0.39, 0.29) is 37.6 Å². The molecule has 53 heavy (non-hydrogen) atoms. The normalized spacial score (nSPS) is 12.0. The highest BCUT2D eigenvalue weighted by Gasteiger charge is 2.23. The average molecular weight is 761 g/mol. The van der Waals surface area contributed by atoms with Crippen molar-refractivity contribution in [3.8, 4) is 28.4 Å². The van der Waals surface area contributed by atoms with E-state index in [2.05, 4.69) is 17.3 Å². The second-order valence-corrected chi connectivity index (χ2v) is 15.0. The van der Waals surface area contributed by atoms with Crippen LogP contribution >= 0.6 is 11.6 Å². The van der Waals surface area contributed by atoms with E-state index < -0.39 is 32.3 Å². The third-order valence-electron chi connectivity index (χ3n) is 8.74. The molecule has 3 N–H and O–H groups in total. The molecule has 0 aliphatic heterocycles. The molecule has 5 rings (SSSR count). The number of anilines is 1. The maximum atomic E-state index is 13.8. The number of nitro benzene ring substituents is 1. The number of amides is 1. The summed E-state index contributed by atoms with van der Waals surface area (Å²) in [7, 11) is -3.85. The van der Waals surface area contributed by atoms with Crippen LogP contribution in [0.3, 0.4) is 0 Å². The quantitative estimate of drug-likeness (QED) is 0.0451. The first-order valence-electron chi connectivity index (χ1n) is 17.5. The molecule has 5 aromatic rings. The molecule has 1 heterocycles. The minimum absolute atomic E-state index is 0.0280. The monoisotopic (exact) mass is 760 g/mol. The van der Waals surface area contributed by atoms with Crippen LogP contribution in [0.1, 0.15) is 64.7 Å². The van der Waals surface area contributed by atoms with E-state index in [0.29, 0.717) is 23.4 Å². The number of aromatic hydroxyl groups is 1. The number of aromatic amines is 1. The minimum atomic E-state index is -3.85. The number of carbonyl (C=O) groups excluding carboxylic acids is 1. The van der Waals surface area contributed by atoms with E-state index in [9.17, 15) is 33.2 Å². The largest absolute Gasteiger partial charge is 0.508 e. The molecule has 278 valence electrons. The van der Waals surface area contributed by atoms with Crippen LogP contribution in [0.25, 0.3) is 16.9 Å². The van der Waals surface area contributed by atoms with Gasteiger partial charge < -0.3 is 15.2 Å². The molecular weight excluding hydrogens is 720 g/mol. The smallest absolute Gasteiger partial charge is 0.294 e. The number of H-pyrrole nitrogens is 1. The second kappa shape index (κ2) is 17.9. The van der Waals surface area contributed by atoms with Gasteiger partial charge in [0.2, 0.25) is 9.84 Å². The number of nitrogens with zero attached hydrogens (tertiary/aromatic N) is 2. The van der Waals surface area contributed by atoms with Gasteiger partial charge in [0.1, 0.15) is 17.2 Å². The number of halogens is 1. The molecular formula is C39H41ClN4O8S. The van der Waals surface area contributed by atoms with Gasteiger partial charge in [0, 0.05) is 23.4 Å². The SMILES string of the molecule is CCCCCCCCCCC(Oc1ccc(S(=O)(=O)c2ccc(O)cc2)cc1)C(=O)Nc1ccc(Cl)c(-c2cc(=O)n(-c3ccccc3[N+](=O)[O-])[nH]2)c1. The Morgan fingerprint density at radius 2 is 1.53 bits per heavy atom. The van der Waals surface area contributed by atoms with E-state index in [1.54, 1.807) is 24.3 Å². The zero-order valence-corrected chi connectivity index (χ0v) is 30.7. The molecule has 0 fully saturated rings. The van der Waals surface area contributed by atoms with Crippen LogP contribution in [0, 0.1) is 10.1 Å². The number of para-hydroxylation sites is 2. The molecule has 1 unspecified atom stereocenters. The third-order valence-corrected chi connectivity index (χ3v) is 10.9. The van der Waals surface area contributed by atoms with E-state index in [4.69, 9.17) is 16.3 Å². The summed E-state index contributed by atoms with van der Waals surface area (Å²) in [4.78, 5) is 37.8. The fourth-order valence-electron chi connectivity index (χ4n) is 5.88. The summed E-state index contributed by atoms with van der Waals surface area (Å²) in [5.74, 6) is -0.179. The molecule has 14 heteroatoms. The Kier molecular flexibility index (Phi) is 13.1. The van der Waals surface area contributed by atoms with Gasteiger partial charge in [0.25, 0.3) is 17.2 Å². The van der Waals surface area contributed by atoms with Crippen molar-refractivity contribution in [3.63, 3.8) is 0 Å². The van der Waals surface area contributed by atoms with Gasteiger partial charge in [-0.25, -0.2) is 13.1 Å². The first-order chi connectivity index (χ1) is 25.5. The lowest BCUT2D eigenvalue weighted by molar-refractivity contribution is -0.384. The number of unbranched alkanes of at least 4 members (excludes halogenated alkanes) is 7. The predicted octanol–water partition coefficient (Wildman–Crippen LogP) is 8.85. The highest BCUT2D eigenvalue weighted by atomic mass is 35.5. The summed E-state index contributed by atoms with van der Waals surface area (Å²) >= 11 is 6.52. The number of phenolic OH excluding ortho intramolecular Hbond substituents is 1. The number of hydrogen-bond donors (Lipinski definition) is 3. The van der Waals surface area contributed by atoms with Crippen molar-refractivity contribution in [3.05, 3.63) is 123 Å². The van der Waals surface area contributed by atoms with Gasteiger partial charge in [-0.1, -0.05) is 75.6 Å². The van der Waals surface area contributed by atoms with Crippen molar-refractivity contribution >= 4 is 38.7 Å². The molecule has 0 bridgehead atoms. The van der Waals surface area contributed by atoms with Gasteiger partial charge in [0.05, 0.1) is 25.4 Å². The number of nitrogens with one attached hydrogen (secondary N) is 2. The van der Waals surface area contributed by atoms with Crippen LogP contribution in [0.2, 0.25) is 5.02 Å². The number of aromatic nitrogens is 2. The number of carbonyl (C=O) groups is 1. The van der Waals surface area contributed by atoms with E-state index in [0.717, 1.165) is 30.4 Å². The minimum Gasteiger partial charge on any atom is -0.508 e. The number of nitro groups is 1. The van der Waals surface area contributed by atoms with Crippen LogP contribution in [0.4, 0.5) is 11.4 Å². The molecule has 0 saturated carbocycles. The van der Waals surface area contributed by atoms with Gasteiger partial charge in [-0.05, 0) is 85.6 Å². The lowest BCUT2D eigenvalue weighted by Gasteiger charge is -2.19. The van der Waals surface area contributed by atoms with Crippen LogP contribution in [0.5, 0.6) is 11.5 Å². The molecule has 0 spiro atoms. The average Bonchev–Trinajstić information content (AvgIpc) is 3.54. The van der Waals surface area contributed by atoms with Gasteiger partial charge in [0.15, 0.2) is 6.10 Å². The maximum absolute atomic E-state index is 13.8. The topological polar surface area (TPSA) is 174 Å². The van der Waals surface area contributed by atoms with Crippen LogP contribution < -0.4 is 15.6 Å².